The number of amides is 1. The van der Waals surface area contributed by atoms with E-state index in [-0.39, 0.29) is 12.5 Å². The van der Waals surface area contributed by atoms with Crippen LogP contribution in [0.1, 0.15) is 19.3 Å². The van der Waals surface area contributed by atoms with Crippen LogP contribution in [0.2, 0.25) is 0 Å². The van der Waals surface area contributed by atoms with E-state index in [2.05, 4.69) is 32.3 Å². The molecule has 1 aromatic carbocycles. The Morgan fingerprint density at radius 1 is 0.853 bits per heavy atom. The SMILES string of the molecule is NCCCn1cc(-c2cccc(-c3ncc(-c4cnn(CC(=O)N5CCCC5)c4)cn3)c2)cn1. The van der Waals surface area contributed by atoms with Crippen LogP contribution < -0.4 is 5.73 Å². The predicted molar refractivity (Wildman–Crippen MR) is 129 cm³/mol. The van der Waals surface area contributed by atoms with E-state index >= 15 is 0 Å². The molecule has 0 atom stereocenters. The summed E-state index contributed by atoms with van der Waals surface area (Å²) >= 11 is 0. The lowest BCUT2D eigenvalue weighted by atomic mass is 10.1. The number of likely N-dealkylation sites (tertiary alicyclic amines) is 1. The third-order valence-electron chi connectivity index (χ3n) is 6.05. The molecule has 1 amide bonds. The van der Waals surface area contributed by atoms with Crippen molar-refractivity contribution in [2.45, 2.75) is 32.4 Å². The summed E-state index contributed by atoms with van der Waals surface area (Å²) in [5, 5.41) is 8.77. The summed E-state index contributed by atoms with van der Waals surface area (Å²) in [5.41, 5.74) is 10.4. The van der Waals surface area contributed by atoms with Crippen LogP contribution in [0, 0.1) is 0 Å². The first-order chi connectivity index (χ1) is 16.7. The highest BCUT2D eigenvalue weighted by molar-refractivity contribution is 5.76. The van der Waals surface area contributed by atoms with Crippen LogP contribution in [0.15, 0.2) is 61.4 Å². The normalized spacial score (nSPS) is 13.5. The minimum atomic E-state index is 0.114. The van der Waals surface area contributed by atoms with Crippen molar-refractivity contribution >= 4 is 5.91 Å². The molecule has 174 valence electrons. The van der Waals surface area contributed by atoms with E-state index in [0.717, 1.165) is 66.7 Å². The molecule has 4 aromatic rings. The second-order valence-electron chi connectivity index (χ2n) is 8.52. The maximum absolute atomic E-state index is 12.4. The molecule has 9 heteroatoms. The van der Waals surface area contributed by atoms with E-state index in [0.29, 0.717) is 12.4 Å². The summed E-state index contributed by atoms with van der Waals surface area (Å²) in [4.78, 5) is 23.4. The van der Waals surface area contributed by atoms with Gasteiger partial charge in [0.25, 0.3) is 0 Å². The zero-order valence-electron chi connectivity index (χ0n) is 19.0. The number of hydrogen-bond acceptors (Lipinski definition) is 6. The van der Waals surface area contributed by atoms with Crippen LogP contribution in [-0.2, 0) is 17.9 Å². The highest BCUT2D eigenvalue weighted by Crippen LogP contribution is 2.25. The van der Waals surface area contributed by atoms with Crippen LogP contribution in [0.25, 0.3) is 33.6 Å². The number of carbonyl (C=O) groups is 1. The van der Waals surface area contributed by atoms with Crippen LogP contribution >= 0.6 is 0 Å². The number of benzene rings is 1. The molecule has 0 spiro atoms. The van der Waals surface area contributed by atoms with Crippen LogP contribution in [0.4, 0.5) is 0 Å². The fourth-order valence-corrected chi connectivity index (χ4v) is 4.16. The Labute approximate surface area is 198 Å². The highest BCUT2D eigenvalue weighted by Gasteiger charge is 2.18. The first-order valence-electron chi connectivity index (χ1n) is 11.7. The van der Waals surface area contributed by atoms with Gasteiger partial charge in [0.1, 0.15) is 6.54 Å². The molecular formula is C25H28N8O. The van der Waals surface area contributed by atoms with Gasteiger partial charge in [-0.3, -0.25) is 14.2 Å². The Morgan fingerprint density at radius 2 is 1.53 bits per heavy atom. The van der Waals surface area contributed by atoms with Crippen molar-refractivity contribution < 1.29 is 4.79 Å². The summed E-state index contributed by atoms with van der Waals surface area (Å²) in [6.07, 6.45) is 14.2. The zero-order chi connectivity index (χ0) is 23.3. The second-order valence-corrected chi connectivity index (χ2v) is 8.52. The maximum atomic E-state index is 12.4. The lowest BCUT2D eigenvalue weighted by Crippen LogP contribution is -2.31. The molecule has 0 aliphatic carbocycles. The molecule has 1 aliphatic heterocycles. The van der Waals surface area contributed by atoms with E-state index in [4.69, 9.17) is 5.73 Å². The van der Waals surface area contributed by atoms with Crippen molar-refractivity contribution in [3.63, 3.8) is 0 Å². The molecule has 1 saturated heterocycles. The van der Waals surface area contributed by atoms with E-state index in [1.807, 2.05) is 40.3 Å². The van der Waals surface area contributed by atoms with Gasteiger partial charge in [-0.1, -0.05) is 18.2 Å². The van der Waals surface area contributed by atoms with Gasteiger partial charge < -0.3 is 10.6 Å². The van der Waals surface area contributed by atoms with Crippen LogP contribution in [-0.4, -0.2) is 60.0 Å². The molecule has 5 rings (SSSR count). The molecule has 0 unspecified atom stereocenters. The smallest absolute Gasteiger partial charge is 0.244 e. The second kappa shape index (κ2) is 9.96. The summed E-state index contributed by atoms with van der Waals surface area (Å²) < 4.78 is 3.60. The largest absolute Gasteiger partial charge is 0.341 e. The number of nitrogens with zero attached hydrogens (tertiary/aromatic N) is 7. The number of carbonyl (C=O) groups excluding carboxylic acids is 1. The Kier molecular flexibility index (Phi) is 6.44. The molecule has 9 nitrogen and oxygen atoms in total. The van der Waals surface area contributed by atoms with Crippen molar-refractivity contribution in [2.24, 2.45) is 5.73 Å². The van der Waals surface area contributed by atoms with Crippen molar-refractivity contribution in [1.82, 2.24) is 34.4 Å². The summed E-state index contributed by atoms with van der Waals surface area (Å²) in [7, 11) is 0. The van der Waals surface area contributed by atoms with E-state index in [1.54, 1.807) is 23.3 Å². The molecule has 1 aliphatic rings. The highest BCUT2D eigenvalue weighted by atomic mass is 16.2. The lowest BCUT2D eigenvalue weighted by molar-refractivity contribution is -0.130. The zero-order valence-corrected chi connectivity index (χ0v) is 19.0. The molecule has 1 fully saturated rings. The first kappa shape index (κ1) is 22.0. The van der Waals surface area contributed by atoms with Gasteiger partial charge in [-0.15, -0.1) is 0 Å². The predicted octanol–water partition coefficient (Wildman–Crippen LogP) is 2.84. The van der Waals surface area contributed by atoms with Gasteiger partial charge in [0.2, 0.25) is 5.91 Å². The minimum Gasteiger partial charge on any atom is -0.341 e. The number of nitrogens with two attached hydrogens (primary N) is 1. The number of rotatable bonds is 8. The summed E-state index contributed by atoms with van der Waals surface area (Å²) in [5.74, 6) is 0.765. The Hall–Kier alpha value is -3.85. The standard InChI is InChI=1S/C25H28N8O/c26-7-4-10-32-16-22(14-29-32)19-5-3-6-20(11-19)25-27-12-21(13-28-25)23-15-30-33(17-23)18-24(34)31-8-1-2-9-31/h3,5-6,11-17H,1-2,4,7-10,18,26H2. The molecule has 3 aromatic heterocycles. The minimum absolute atomic E-state index is 0.114. The van der Waals surface area contributed by atoms with E-state index < -0.39 is 0 Å². The van der Waals surface area contributed by atoms with Gasteiger partial charge in [-0.2, -0.15) is 10.2 Å². The van der Waals surface area contributed by atoms with Gasteiger partial charge in [0.05, 0.1) is 12.4 Å². The van der Waals surface area contributed by atoms with Gasteiger partial charge in [-0.25, -0.2) is 9.97 Å². The Morgan fingerprint density at radius 3 is 2.29 bits per heavy atom. The molecule has 2 N–H and O–H groups in total. The number of aromatic nitrogens is 6. The van der Waals surface area contributed by atoms with Crippen molar-refractivity contribution in [1.29, 1.82) is 0 Å². The topological polar surface area (TPSA) is 108 Å². The van der Waals surface area contributed by atoms with E-state index in [1.165, 1.54) is 0 Å². The summed E-state index contributed by atoms with van der Waals surface area (Å²) in [6.45, 7) is 3.41. The Balaban J connectivity index is 1.28. The third kappa shape index (κ3) is 4.89. The van der Waals surface area contributed by atoms with Gasteiger partial charge in [-0.05, 0) is 37.4 Å². The maximum Gasteiger partial charge on any atom is 0.244 e. The van der Waals surface area contributed by atoms with Gasteiger partial charge in [0.15, 0.2) is 5.82 Å². The molecule has 0 saturated carbocycles. The fraction of sp³-hybridized carbons (Fsp3) is 0.320. The van der Waals surface area contributed by atoms with Crippen molar-refractivity contribution in [2.75, 3.05) is 19.6 Å². The fourth-order valence-electron chi connectivity index (χ4n) is 4.16. The van der Waals surface area contributed by atoms with Crippen molar-refractivity contribution in [3.8, 4) is 33.6 Å². The summed E-state index contributed by atoms with van der Waals surface area (Å²) in [6, 6.07) is 8.13. The molecule has 4 heterocycles. The van der Waals surface area contributed by atoms with Crippen molar-refractivity contribution in [3.05, 3.63) is 61.4 Å². The first-order valence-corrected chi connectivity index (χ1v) is 11.7. The third-order valence-corrected chi connectivity index (χ3v) is 6.05. The van der Waals surface area contributed by atoms with Gasteiger partial charge >= 0.3 is 0 Å². The lowest BCUT2D eigenvalue weighted by Gasteiger charge is -2.14. The van der Waals surface area contributed by atoms with E-state index in [9.17, 15) is 4.79 Å². The number of hydrogen-bond donors (Lipinski definition) is 1. The quantitative estimate of drug-likeness (QED) is 0.437. The molecular weight excluding hydrogens is 428 g/mol. The molecule has 0 radical (unpaired) electrons. The number of aryl methyl sites for hydroxylation is 1. The van der Waals surface area contributed by atoms with Gasteiger partial charge in [0, 0.05) is 66.7 Å². The molecule has 34 heavy (non-hydrogen) atoms. The Bertz CT molecular complexity index is 1250. The average Bonchev–Trinajstić information content (AvgIpc) is 3.65. The molecule has 0 bridgehead atoms. The average molecular weight is 457 g/mol. The monoisotopic (exact) mass is 456 g/mol. The van der Waals surface area contributed by atoms with Crippen LogP contribution in [0.5, 0.6) is 0 Å². The van der Waals surface area contributed by atoms with Crippen LogP contribution in [0.3, 0.4) is 0 Å².